The second kappa shape index (κ2) is 8.43. The van der Waals surface area contributed by atoms with Crippen LogP contribution in [0.2, 0.25) is 5.02 Å². The van der Waals surface area contributed by atoms with Gasteiger partial charge >= 0.3 is 0 Å². The number of aromatic nitrogens is 2. The average molecular weight is 386 g/mol. The zero-order valence-corrected chi connectivity index (χ0v) is 16.3. The predicted octanol–water partition coefficient (Wildman–Crippen LogP) is 4.93. The average Bonchev–Trinajstić information content (AvgIpc) is 3.05. The van der Waals surface area contributed by atoms with Crippen LogP contribution in [0.4, 0.5) is 5.69 Å². The van der Waals surface area contributed by atoms with Crippen LogP contribution in [0.5, 0.6) is 0 Å². The van der Waals surface area contributed by atoms with Gasteiger partial charge in [-0.2, -0.15) is 0 Å². The number of nitrogens with one attached hydrogen (secondary N) is 1. The number of benzene rings is 2. The lowest BCUT2D eigenvalue weighted by Crippen LogP contribution is -2.14. The Balaban J connectivity index is 1.58. The quantitative estimate of drug-likeness (QED) is 0.612. The molecule has 0 aliphatic heterocycles. The Kier molecular flexibility index (Phi) is 6.01. The third-order valence-corrected chi connectivity index (χ3v) is 5.35. The highest BCUT2D eigenvalue weighted by Crippen LogP contribution is 2.21. The van der Waals surface area contributed by atoms with Gasteiger partial charge in [-0.05, 0) is 37.1 Å². The van der Waals surface area contributed by atoms with Gasteiger partial charge in [0, 0.05) is 29.6 Å². The van der Waals surface area contributed by atoms with Crippen molar-refractivity contribution in [3.8, 4) is 0 Å². The number of nitrogens with zero attached hydrogens (tertiary/aromatic N) is 2. The highest BCUT2D eigenvalue weighted by molar-refractivity contribution is 7.99. The largest absolute Gasteiger partial charge is 0.325 e. The normalized spacial score (nSPS) is 10.7. The summed E-state index contributed by atoms with van der Waals surface area (Å²) >= 11 is 7.51. The summed E-state index contributed by atoms with van der Waals surface area (Å²) in [6.07, 6.45) is 3.69. The number of thioether (sulfide) groups is 1. The van der Waals surface area contributed by atoms with E-state index < -0.39 is 0 Å². The summed E-state index contributed by atoms with van der Waals surface area (Å²) in [5, 5.41) is 4.33. The zero-order chi connectivity index (χ0) is 18.5. The molecule has 0 saturated carbocycles. The van der Waals surface area contributed by atoms with Crippen molar-refractivity contribution < 1.29 is 4.79 Å². The molecular weight excluding hydrogens is 366 g/mol. The minimum Gasteiger partial charge on any atom is -0.325 e. The topological polar surface area (TPSA) is 46.9 Å². The summed E-state index contributed by atoms with van der Waals surface area (Å²) in [7, 11) is 0. The van der Waals surface area contributed by atoms with Gasteiger partial charge in [0.25, 0.3) is 0 Å². The summed E-state index contributed by atoms with van der Waals surface area (Å²) in [5.41, 5.74) is 4.13. The van der Waals surface area contributed by atoms with Gasteiger partial charge in [0.05, 0.1) is 5.75 Å². The summed E-state index contributed by atoms with van der Waals surface area (Å²) in [4.78, 5) is 16.6. The lowest BCUT2D eigenvalue weighted by atomic mass is 10.1. The van der Waals surface area contributed by atoms with Crippen LogP contribution in [-0.4, -0.2) is 21.2 Å². The fraction of sp³-hybridized carbons (Fsp3) is 0.200. The van der Waals surface area contributed by atoms with Crippen LogP contribution in [-0.2, 0) is 11.3 Å². The maximum Gasteiger partial charge on any atom is 0.234 e. The van der Waals surface area contributed by atoms with E-state index in [9.17, 15) is 4.79 Å². The molecule has 0 radical (unpaired) electrons. The number of halogens is 1. The molecule has 0 bridgehead atoms. The van der Waals surface area contributed by atoms with Crippen molar-refractivity contribution >= 4 is 35.0 Å². The van der Waals surface area contributed by atoms with E-state index in [0.29, 0.717) is 10.7 Å². The molecule has 2 aromatic carbocycles. The molecule has 0 unspecified atom stereocenters. The van der Waals surface area contributed by atoms with E-state index in [1.165, 1.54) is 22.9 Å². The molecule has 26 heavy (non-hydrogen) atoms. The van der Waals surface area contributed by atoms with Crippen LogP contribution < -0.4 is 5.32 Å². The smallest absolute Gasteiger partial charge is 0.234 e. The highest BCUT2D eigenvalue weighted by Gasteiger charge is 2.09. The van der Waals surface area contributed by atoms with E-state index in [-0.39, 0.29) is 11.7 Å². The number of carbonyl (C=O) groups is 1. The Bertz CT molecular complexity index is 906. The molecule has 1 aromatic heterocycles. The molecule has 0 aliphatic rings. The Morgan fingerprint density at radius 2 is 1.96 bits per heavy atom. The Morgan fingerprint density at radius 3 is 2.69 bits per heavy atom. The fourth-order valence-corrected chi connectivity index (χ4v) is 3.38. The molecule has 0 aliphatic carbocycles. The third-order valence-electron chi connectivity index (χ3n) is 3.94. The Morgan fingerprint density at radius 1 is 1.19 bits per heavy atom. The van der Waals surface area contributed by atoms with Crippen LogP contribution in [0.3, 0.4) is 0 Å². The molecule has 3 aromatic rings. The fourth-order valence-electron chi connectivity index (χ4n) is 2.44. The minimum atomic E-state index is -0.0835. The lowest BCUT2D eigenvalue weighted by Gasteiger charge is -2.09. The van der Waals surface area contributed by atoms with Crippen LogP contribution >= 0.6 is 23.4 Å². The van der Waals surface area contributed by atoms with E-state index in [0.717, 1.165) is 17.3 Å². The first-order valence-electron chi connectivity index (χ1n) is 8.27. The van der Waals surface area contributed by atoms with Crippen molar-refractivity contribution in [2.75, 3.05) is 11.1 Å². The molecule has 0 spiro atoms. The number of amides is 1. The second-order valence-corrected chi connectivity index (χ2v) is 7.47. The van der Waals surface area contributed by atoms with Gasteiger partial charge < -0.3 is 9.88 Å². The molecule has 6 heteroatoms. The van der Waals surface area contributed by atoms with Crippen LogP contribution in [0, 0.1) is 13.8 Å². The lowest BCUT2D eigenvalue weighted by molar-refractivity contribution is -0.113. The molecule has 0 atom stereocenters. The number of anilines is 1. The summed E-state index contributed by atoms with van der Waals surface area (Å²) in [5.74, 6) is 0.205. The van der Waals surface area contributed by atoms with E-state index in [1.54, 1.807) is 12.3 Å². The van der Waals surface area contributed by atoms with Gasteiger partial charge in [-0.3, -0.25) is 4.79 Å². The van der Waals surface area contributed by atoms with E-state index in [1.807, 2.05) is 29.8 Å². The number of aryl methyl sites for hydroxylation is 2. The van der Waals surface area contributed by atoms with E-state index in [4.69, 9.17) is 11.6 Å². The Labute approximate surface area is 162 Å². The molecule has 1 amide bonds. The molecule has 4 nitrogen and oxygen atoms in total. The van der Waals surface area contributed by atoms with Crippen molar-refractivity contribution in [2.45, 2.75) is 25.5 Å². The van der Waals surface area contributed by atoms with Crippen LogP contribution in [0.1, 0.15) is 16.7 Å². The molecule has 1 heterocycles. The first kappa shape index (κ1) is 18.5. The number of carbonyl (C=O) groups excluding carboxylic acids is 1. The van der Waals surface area contributed by atoms with Crippen LogP contribution in [0.25, 0.3) is 0 Å². The van der Waals surface area contributed by atoms with Crippen molar-refractivity contribution in [1.29, 1.82) is 0 Å². The van der Waals surface area contributed by atoms with Gasteiger partial charge in [-0.1, -0.05) is 59.3 Å². The first-order chi connectivity index (χ1) is 12.5. The van der Waals surface area contributed by atoms with Gasteiger partial charge in [-0.25, -0.2) is 4.98 Å². The van der Waals surface area contributed by atoms with Crippen molar-refractivity contribution in [1.82, 2.24) is 9.55 Å². The number of imidazole rings is 1. The third kappa shape index (κ3) is 4.90. The van der Waals surface area contributed by atoms with Gasteiger partial charge in [-0.15, -0.1) is 0 Å². The van der Waals surface area contributed by atoms with Gasteiger partial charge in [0.1, 0.15) is 0 Å². The standard InChI is InChI=1S/C20H20ClN3OS/c1-14-3-6-16(7-4-14)12-24-10-9-22-20(24)26-13-19(25)23-17-8-5-15(2)18(21)11-17/h3-11H,12-13H2,1-2H3,(H,23,25). The van der Waals surface area contributed by atoms with E-state index >= 15 is 0 Å². The second-order valence-electron chi connectivity index (χ2n) is 6.12. The summed E-state index contributed by atoms with van der Waals surface area (Å²) in [6, 6.07) is 13.9. The molecule has 0 fully saturated rings. The maximum atomic E-state index is 12.2. The predicted molar refractivity (Wildman–Crippen MR) is 108 cm³/mol. The Hall–Kier alpha value is -2.24. The SMILES string of the molecule is Cc1ccc(Cn2ccnc2SCC(=O)Nc2ccc(C)c(Cl)c2)cc1. The zero-order valence-electron chi connectivity index (χ0n) is 14.7. The van der Waals surface area contributed by atoms with Gasteiger partial charge in [0.2, 0.25) is 5.91 Å². The molecule has 134 valence electrons. The monoisotopic (exact) mass is 385 g/mol. The number of rotatable bonds is 6. The molecule has 1 N–H and O–H groups in total. The number of hydrogen-bond donors (Lipinski definition) is 1. The minimum absolute atomic E-state index is 0.0835. The number of hydrogen-bond acceptors (Lipinski definition) is 3. The molecular formula is C20H20ClN3OS. The van der Waals surface area contributed by atoms with Crippen molar-refractivity contribution in [2.24, 2.45) is 0 Å². The summed E-state index contributed by atoms with van der Waals surface area (Å²) in [6.45, 7) is 4.73. The first-order valence-corrected chi connectivity index (χ1v) is 9.63. The van der Waals surface area contributed by atoms with Crippen molar-refractivity contribution in [3.05, 3.63) is 76.6 Å². The molecule has 0 saturated heterocycles. The highest BCUT2D eigenvalue weighted by atomic mass is 35.5. The summed E-state index contributed by atoms with van der Waals surface area (Å²) < 4.78 is 2.05. The van der Waals surface area contributed by atoms with Crippen LogP contribution in [0.15, 0.2) is 60.0 Å². The maximum absolute atomic E-state index is 12.2. The van der Waals surface area contributed by atoms with Crippen molar-refractivity contribution in [3.63, 3.8) is 0 Å². The van der Waals surface area contributed by atoms with E-state index in [2.05, 4.69) is 41.5 Å². The molecule has 3 rings (SSSR count). The van der Waals surface area contributed by atoms with Gasteiger partial charge in [0.15, 0.2) is 5.16 Å².